The third-order valence-corrected chi connectivity index (χ3v) is 6.06. The minimum atomic E-state index is 0.193. The predicted molar refractivity (Wildman–Crippen MR) is 130 cm³/mol. The Morgan fingerprint density at radius 2 is 1.27 bits per heavy atom. The van der Waals surface area contributed by atoms with Gasteiger partial charge in [0, 0.05) is 49.7 Å². The minimum absolute atomic E-state index is 0.193. The number of aryl methyl sites for hydroxylation is 2. The van der Waals surface area contributed by atoms with Crippen LogP contribution < -0.4 is 9.80 Å². The van der Waals surface area contributed by atoms with Crippen LogP contribution in [-0.2, 0) is 4.79 Å². The molecule has 0 atom stereocenters. The van der Waals surface area contributed by atoms with Crippen LogP contribution in [0, 0.1) is 13.8 Å². The van der Waals surface area contributed by atoms with Crippen LogP contribution in [-0.4, -0.2) is 33.0 Å². The lowest BCUT2D eigenvalue weighted by Gasteiger charge is -2.21. The van der Waals surface area contributed by atoms with Gasteiger partial charge in [0.25, 0.3) is 0 Å². The summed E-state index contributed by atoms with van der Waals surface area (Å²) < 4.78 is 0. The van der Waals surface area contributed by atoms with Crippen LogP contribution in [0.25, 0.3) is 12.2 Å². The number of rotatable bonds is 6. The lowest BCUT2D eigenvalue weighted by Crippen LogP contribution is -2.21. The number of hydrogen-bond donors (Lipinski definition) is 0. The van der Waals surface area contributed by atoms with Gasteiger partial charge in [-0.2, -0.15) is 0 Å². The van der Waals surface area contributed by atoms with Gasteiger partial charge in [-0.05, 0) is 99.2 Å². The minimum Gasteiger partial charge on any atom is -0.378 e. The van der Waals surface area contributed by atoms with Crippen molar-refractivity contribution in [2.45, 2.75) is 40.5 Å². The van der Waals surface area contributed by atoms with Gasteiger partial charge in [-0.3, -0.25) is 4.79 Å². The first-order valence-corrected chi connectivity index (χ1v) is 10.9. The molecule has 158 valence electrons. The first-order valence-electron chi connectivity index (χ1n) is 10.9. The molecule has 1 fully saturated rings. The highest BCUT2D eigenvalue weighted by Gasteiger charge is 2.23. The molecule has 0 amide bonds. The smallest absolute Gasteiger partial charge is 0.185 e. The molecule has 1 aliphatic carbocycles. The van der Waals surface area contributed by atoms with Crippen molar-refractivity contribution in [3.05, 3.63) is 69.8 Å². The Labute approximate surface area is 181 Å². The number of hydrogen-bond acceptors (Lipinski definition) is 3. The van der Waals surface area contributed by atoms with Crippen LogP contribution in [0.4, 0.5) is 11.4 Å². The van der Waals surface area contributed by atoms with Crippen LogP contribution in [0.15, 0.2) is 47.5 Å². The molecule has 2 aromatic carbocycles. The van der Waals surface area contributed by atoms with E-state index in [1.54, 1.807) is 0 Å². The third-order valence-electron chi connectivity index (χ3n) is 6.06. The predicted octanol–water partition coefficient (Wildman–Crippen LogP) is 6.05. The fraction of sp³-hybridized carbons (Fsp3) is 0.370. The number of nitrogens with zero attached hydrogens (tertiary/aromatic N) is 2. The summed E-state index contributed by atoms with van der Waals surface area (Å²) in [5.41, 5.74) is 8.94. The molecule has 0 bridgehead atoms. The summed E-state index contributed by atoms with van der Waals surface area (Å²) >= 11 is 0. The van der Waals surface area contributed by atoms with E-state index in [-0.39, 0.29) is 5.78 Å². The SMILES string of the molecule is CCN(CC)c1ccc(C=C2CCC(=Cc3ccc(N(C)C)cc3C)C2=O)c(C)c1. The Balaban J connectivity index is 1.83. The maximum atomic E-state index is 13.0. The summed E-state index contributed by atoms with van der Waals surface area (Å²) in [4.78, 5) is 17.5. The molecule has 0 N–H and O–H groups in total. The van der Waals surface area contributed by atoms with Crippen LogP contribution in [0.5, 0.6) is 0 Å². The first kappa shape index (κ1) is 21.9. The molecule has 0 aromatic heterocycles. The van der Waals surface area contributed by atoms with Gasteiger partial charge in [0.1, 0.15) is 0 Å². The van der Waals surface area contributed by atoms with E-state index in [1.807, 2.05) is 14.1 Å². The average Bonchev–Trinajstić information content (AvgIpc) is 3.05. The molecule has 30 heavy (non-hydrogen) atoms. The standard InChI is InChI=1S/C27H34N2O/c1-7-29(8-2)26-14-12-22(20(4)16-26)18-24-10-9-23(27(24)30)17-21-11-13-25(28(5)6)15-19(21)3/h11-18H,7-10H2,1-6H3. The molecular weight excluding hydrogens is 368 g/mol. The quantitative estimate of drug-likeness (QED) is 0.550. The van der Waals surface area contributed by atoms with Crippen molar-refractivity contribution in [1.82, 2.24) is 0 Å². The molecule has 3 nitrogen and oxygen atoms in total. The number of allylic oxidation sites excluding steroid dienone is 2. The average molecular weight is 403 g/mol. The molecule has 1 aliphatic rings. The monoisotopic (exact) mass is 402 g/mol. The summed E-state index contributed by atoms with van der Waals surface area (Å²) in [7, 11) is 4.09. The number of carbonyl (C=O) groups excluding carboxylic acids is 1. The topological polar surface area (TPSA) is 23.6 Å². The summed E-state index contributed by atoms with van der Waals surface area (Å²) in [6.45, 7) is 10.6. The molecule has 0 radical (unpaired) electrons. The van der Waals surface area contributed by atoms with Crippen LogP contribution in [0.2, 0.25) is 0 Å². The Morgan fingerprint density at radius 1 is 0.800 bits per heavy atom. The Morgan fingerprint density at radius 3 is 1.70 bits per heavy atom. The van der Waals surface area contributed by atoms with Gasteiger partial charge in [-0.25, -0.2) is 0 Å². The molecule has 0 unspecified atom stereocenters. The van der Waals surface area contributed by atoms with E-state index >= 15 is 0 Å². The molecule has 2 aromatic rings. The Kier molecular flexibility index (Phi) is 6.81. The van der Waals surface area contributed by atoms with Crippen LogP contribution >= 0.6 is 0 Å². The summed E-state index contributed by atoms with van der Waals surface area (Å²) in [6, 6.07) is 12.9. The maximum absolute atomic E-state index is 13.0. The van der Waals surface area contributed by atoms with Crippen LogP contribution in [0.3, 0.4) is 0 Å². The second-order valence-electron chi connectivity index (χ2n) is 8.32. The fourth-order valence-corrected chi connectivity index (χ4v) is 4.06. The second kappa shape index (κ2) is 9.34. The van der Waals surface area contributed by atoms with Gasteiger partial charge in [0.2, 0.25) is 0 Å². The molecule has 0 heterocycles. The van der Waals surface area contributed by atoms with E-state index in [9.17, 15) is 4.79 Å². The van der Waals surface area contributed by atoms with E-state index in [4.69, 9.17) is 0 Å². The first-order chi connectivity index (χ1) is 14.3. The number of ketones is 1. The van der Waals surface area contributed by atoms with E-state index in [0.717, 1.165) is 48.2 Å². The molecule has 0 aliphatic heterocycles. The molecule has 3 rings (SSSR count). The Bertz CT molecular complexity index is 994. The van der Waals surface area contributed by atoms with Gasteiger partial charge >= 0.3 is 0 Å². The highest BCUT2D eigenvalue weighted by atomic mass is 16.1. The van der Waals surface area contributed by atoms with E-state index in [0.29, 0.717) is 0 Å². The van der Waals surface area contributed by atoms with Crippen molar-refractivity contribution in [3.8, 4) is 0 Å². The molecule has 0 spiro atoms. The van der Waals surface area contributed by atoms with E-state index < -0.39 is 0 Å². The van der Waals surface area contributed by atoms with Gasteiger partial charge in [-0.15, -0.1) is 0 Å². The number of carbonyl (C=O) groups is 1. The fourth-order valence-electron chi connectivity index (χ4n) is 4.06. The number of benzene rings is 2. The summed E-state index contributed by atoms with van der Waals surface area (Å²) in [5.74, 6) is 0.193. The van der Waals surface area contributed by atoms with Crippen molar-refractivity contribution < 1.29 is 4.79 Å². The number of Topliss-reactive ketones (excluding diaryl/α,β-unsaturated/α-hetero) is 1. The normalized spacial score (nSPS) is 16.5. The van der Waals surface area contributed by atoms with Gasteiger partial charge < -0.3 is 9.80 Å². The van der Waals surface area contributed by atoms with E-state index in [1.165, 1.54) is 22.5 Å². The van der Waals surface area contributed by atoms with Crippen molar-refractivity contribution in [1.29, 1.82) is 0 Å². The zero-order chi connectivity index (χ0) is 21.8. The molecule has 0 saturated heterocycles. The molecule has 1 saturated carbocycles. The highest BCUT2D eigenvalue weighted by molar-refractivity contribution is 6.15. The van der Waals surface area contributed by atoms with Gasteiger partial charge in [0.15, 0.2) is 5.78 Å². The van der Waals surface area contributed by atoms with Crippen molar-refractivity contribution in [2.75, 3.05) is 37.0 Å². The molecule has 3 heteroatoms. The third kappa shape index (κ3) is 4.67. The Hall–Kier alpha value is -2.81. The lowest BCUT2D eigenvalue weighted by atomic mass is 10.0. The lowest BCUT2D eigenvalue weighted by molar-refractivity contribution is -0.111. The van der Waals surface area contributed by atoms with Crippen molar-refractivity contribution >= 4 is 29.3 Å². The van der Waals surface area contributed by atoms with Crippen molar-refractivity contribution in [2.24, 2.45) is 0 Å². The second-order valence-corrected chi connectivity index (χ2v) is 8.32. The van der Waals surface area contributed by atoms with Crippen LogP contribution in [0.1, 0.15) is 48.9 Å². The van der Waals surface area contributed by atoms with Gasteiger partial charge in [-0.1, -0.05) is 12.1 Å². The highest BCUT2D eigenvalue weighted by Crippen LogP contribution is 2.31. The largest absolute Gasteiger partial charge is 0.378 e. The zero-order valence-corrected chi connectivity index (χ0v) is 19.2. The molecular formula is C27H34N2O. The van der Waals surface area contributed by atoms with E-state index in [2.05, 4.69) is 86.0 Å². The maximum Gasteiger partial charge on any atom is 0.185 e. The van der Waals surface area contributed by atoms with Gasteiger partial charge in [0.05, 0.1) is 0 Å². The van der Waals surface area contributed by atoms with Crippen molar-refractivity contribution in [3.63, 3.8) is 0 Å². The number of anilines is 2. The summed E-state index contributed by atoms with van der Waals surface area (Å²) in [6.07, 6.45) is 5.80. The zero-order valence-electron chi connectivity index (χ0n) is 19.2. The summed E-state index contributed by atoms with van der Waals surface area (Å²) in [5, 5.41) is 0.